The smallest absolute Gasteiger partial charge is 0.236 e. The highest BCUT2D eigenvalue weighted by Gasteiger charge is 2.23. The lowest BCUT2D eigenvalue weighted by Crippen LogP contribution is -2.50. The fourth-order valence-electron chi connectivity index (χ4n) is 3.83. The summed E-state index contributed by atoms with van der Waals surface area (Å²) < 4.78 is 0. The lowest BCUT2D eigenvalue weighted by molar-refractivity contribution is -0.132. The summed E-state index contributed by atoms with van der Waals surface area (Å²) in [6.45, 7) is 9.59. The molecule has 0 bridgehead atoms. The zero-order valence-electron chi connectivity index (χ0n) is 17.0. The normalized spacial score (nSPS) is 15.0. The van der Waals surface area contributed by atoms with E-state index in [-0.39, 0.29) is 5.91 Å². The lowest BCUT2D eigenvalue weighted by Gasteiger charge is -2.36. The van der Waals surface area contributed by atoms with Crippen LogP contribution in [0.1, 0.15) is 13.8 Å². The molecule has 0 unspecified atom stereocenters. The SMILES string of the molecule is CCN(CC)C(=O)CN1CCN(c2ncnc3sc(-c4ccccc4)cc23)CC1. The van der Waals surface area contributed by atoms with E-state index in [1.807, 2.05) is 24.8 Å². The summed E-state index contributed by atoms with van der Waals surface area (Å²) in [6.07, 6.45) is 1.67. The van der Waals surface area contributed by atoms with E-state index in [0.29, 0.717) is 6.54 Å². The molecule has 4 rings (SSSR count). The van der Waals surface area contributed by atoms with Crippen LogP contribution < -0.4 is 4.90 Å². The topological polar surface area (TPSA) is 52.6 Å². The summed E-state index contributed by atoms with van der Waals surface area (Å²) in [5.74, 6) is 1.22. The Morgan fingerprint density at radius 1 is 1.07 bits per heavy atom. The van der Waals surface area contributed by atoms with Crippen LogP contribution in [0.3, 0.4) is 0 Å². The van der Waals surface area contributed by atoms with Crippen LogP contribution >= 0.6 is 11.3 Å². The van der Waals surface area contributed by atoms with E-state index < -0.39 is 0 Å². The van der Waals surface area contributed by atoms with E-state index in [4.69, 9.17) is 0 Å². The Bertz CT molecular complexity index is 962. The lowest BCUT2D eigenvalue weighted by atomic mass is 10.2. The minimum atomic E-state index is 0.221. The monoisotopic (exact) mass is 409 g/mol. The average Bonchev–Trinajstić information content (AvgIpc) is 3.20. The standard InChI is InChI=1S/C22H27N5OS/c1-3-26(4-2)20(28)15-25-10-12-27(13-11-25)21-18-14-19(17-8-6-5-7-9-17)29-22(18)24-16-23-21/h5-9,14,16H,3-4,10-13,15H2,1-2H3. The van der Waals surface area contributed by atoms with Gasteiger partial charge in [0.1, 0.15) is 17.0 Å². The Kier molecular flexibility index (Phi) is 6.06. The van der Waals surface area contributed by atoms with E-state index in [2.05, 4.69) is 50.1 Å². The van der Waals surface area contributed by atoms with Crippen LogP contribution in [0.4, 0.5) is 5.82 Å². The van der Waals surface area contributed by atoms with Crippen LogP contribution in [0.2, 0.25) is 0 Å². The summed E-state index contributed by atoms with van der Waals surface area (Å²) in [6, 6.07) is 12.6. The number of nitrogens with zero attached hydrogens (tertiary/aromatic N) is 5. The summed E-state index contributed by atoms with van der Waals surface area (Å²) in [5.41, 5.74) is 1.21. The van der Waals surface area contributed by atoms with Crippen molar-refractivity contribution in [1.29, 1.82) is 0 Å². The number of anilines is 1. The van der Waals surface area contributed by atoms with Crippen molar-refractivity contribution in [3.8, 4) is 10.4 Å². The van der Waals surface area contributed by atoms with E-state index in [1.165, 1.54) is 10.4 Å². The Morgan fingerprint density at radius 3 is 2.48 bits per heavy atom. The van der Waals surface area contributed by atoms with Gasteiger partial charge in [0.15, 0.2) is 0 Å². The molecule has 0 aliphatic carbocycles. The van der Waals surface area contributed by atoms with Crippen molar-refractivity contribution in [3.05, 3.63) is 42.7 Å². The van der Waals surface area contributed by atoms with Crippen LogP contribution in [0.15, 0.2) is 42.7 Å². The zero-order chi connectivity index (χ0) is 20.2. The molecule has 0 atom stereocenters. The number of hydrogen-bond acceptors (Lipinski definition) is 6. The molecule has 29 heavy (non-hydrogen) atoms. The van der Waals surface area contributed by atoms with Crippen LogP contribution in [0.5, 0.6) is 0 Å². The molecule has 1 amide bonds. The number of likely N-dealkylation sites (N-methyl/N-ethyl adjacent to an activating group) is 1. The second-order valence-corrected chi connectivity index (χ2v) is 8.25. The van der Waals surface area contributed by atoms with Crippen molar-refractivity contribution >= 4 is 33.3 Å². The third-order valence-corrected chi connectivity index (χ3v) is 6.61. The van der Waals surface area contributed by atoms with Crippen LogP contribution in [0.25, 0.3) is 20.7 Å². The quantitative estimate of drug-likeness (QED) is 0.625. The van der Waals surface area contributed by atoms with E-state index in [0.717, 1.165) is 55.3 Å². The molecule has 0 saturated carbocycles. The van der Waals surface area contributed by atoms with Gasteiger partial charge in [0.2, 0.25) is 5.91 Å². The van der Waals surface area contributed by atoms with Gasteiger partial charge >= 0.3 is 0 Å². The van der Waals surface area contributed by atoms with E-state index in [9.17, 15) is 4.79 Å². The Morgan fingerprint density at radius 2 is 1.79 bits per heavy atom. The molecule has 1 aliphatic heterocycles. The molecule has 1 fully saturated rings. The molecule has 1 aromatic carbocycles. The number of amides is 1. The minimum Gasteiger partial charge on any atom is -0.353 e. The van der Waals surface area contributed by atoms with Gasteiger partial charge in [-0.3, -0.25) is 9.69 Å². The zero-order valence-corrected chi connectivity index (χ0v) is 17.9. The summed E-state index contributed by atoms with van der Waals surface area (Å²) in [5, 5.41) is 1.11. The maximum Gasteiger partial charge on any atom is 0.236 e. The van der Waals surface area contributed by atoms with Gasteiger partial charge < -0.3 is 9.80 Å². The van der Waals surface area contributed by atoms with Gasteiger partial charge in [-0.15, -0.1) is 11.3 Å². The number of carbonyl (C=O) groups is 1. The van der Waals surface area contributed by atoms with Gasteiger partial charge in [-0.1, -0.05) is 30.3 Å². The highest BCUT2D eigenvalue weighted by atomic mass is 32.1. The van der Waals surface area contributed by atoms with Crippen molar-refractivity contribution in [3.63, 3.8) is 0 Å². The minimum absolute atomic E-state index is 0.221. The molecule has 152 valence electrons. The number of benzene rings is 1. The highest BCUT2D eigenvalue weighted by Crippen LogP contribution is 2.36. The number of thiophene rings is 1. The van der Waals surface area contributed by atoms with Crippen molar-refractivity contribution in [2.75, 3.05) is 50.7 Å². The maximum absolute atomic E-state index is 12.4. The molecule has 1 saturated heterocycles. The van der Waals surface area contributed by atoms with Crippen LogP contribution in [-0.2, 0) is 4.79 Å². The van der Waals surface area contributed by atoms with E-state index >= 15 is 0 Å². The van der Waals surface area contributed by atoms with Gasteiger partial charge in [-0.25, -0.2) is 9.97 Å². The third kappa shape index (κ3) is 4.26. The highest BCUT2D eigenvalue weighted by molar-refractivity contribution is 7.21. The predicted octanol–water partition coefficient (Wildman–Crippen LogP) is 3.35. The summed E-state index contributed by atoms with van der Waals surface area (Å²) in [7, 11) is 0. The number of piperazine rings is 1. The molecule has 3 heterocycles. The Labute approximate surface area is 175 Å². The molecule has 0 radical (unpaired) electrons. The first-order valence-corrected chi connectivity index (χ1v) is 11.1. The number of aromatic nitrogens is 2. The van der Waals surface area contributed by atoms with Crippen LogP contribution in [-0.4, -0.2) is 71.5 Å². The predicted molar refractivity (Wildman–Crippen MR) is 119 cm³/mol. The first kappa shape index (κ1) is 19.8. The fourth-order valence-corrected chi connectivity index (χ4v) is 4.82. The molecule has 1 aliphatic rings. The van der Waals surface area contributed by atoms with Gasteiger partial charge in [-0.05, 0) is 25.5 Å². The van der Waals surface area contributed by atoms with Crippen molar-refractivity contribution in [2.45, 2.75) is 13.8 Å². The third-order valence-electron chi connectivity index (χ3n) is 5.51. The number of fused-ring (bicyclic) bond motifs is 1. The molecule has 3 aromatic rings. The van der Waals surface area contributed by atoms with Crippen molar-refractivity contribution in [2.24, 2.45) is 0 Å². The van der Waals surface area contributed by atoms with Crippen molar-refractivity contribution in [1.82, 2.24) is 19.8 Å². The molecular weight excluding hydrogens is 382 g/mol. The fraction of sp³-hybridized carbons (Fsp3) is 0.409. The first-order chi connectivity index (χ1) is 14.2. The van der Waals surface area contributed by atoms with Crippen LogP contribution in [0, 0.1) is 0 Å². The summed E-state index contributed by atoms with van der Waals surface area (Å²) >= 11 is 1.71. The van der Waals surface area contributed by atoms with E-state index in [1.54, 1.807) is 17.7 Å². The molecule has 0 spiro atoms. The van der Waals surface area contributed by atoms with Gasteiger partial charge in [0.25, 0.3) is 0 Å². The maximum atomic E-state index is 12.4. The summed E-state index contributed by atoms with van der Waals surface area (Å²) in [4.78, 5) is 30.2. The van der Waals surface area contributed by atoms with Gasteiger partial charge in [-0.2, -0.15) is 0 Å². The van der Waals surface area contributed by atoms with Gasteiger partial charge in [0, 0.05) is 44.1 Å². The Hall–Kier alpha value is -2.51. The number of carbonyl (C=O) groups excluding carboxylic acids is 1. The van der Waals surface area contributed by atoms with Gasteiger partial charge in [0.05, 0.1) is 11.9 Å². The second kappa shape index (κ2) is 8.88. The van der Waals surface area contributed by atoms with Crippen molar-refractivity contribution < 1.29 is 4.79 Å². The molecule has 6 nitrogen and oxygen atoms in total. The second-order valence-electron chi connectivity index (χ2n) is 7.22. The average molecular weight is 410 g/mol. The Balaban J connectivity index is 1.47. The molecular formula is C22H27N5OS. The molecule has 0 N–H and O–H groups in total. The number of rotatable bonds is 6. The molecule has 7 heteroatoms. The molecule has 2 aromatic heterocycles. The largest absolute Gasteiger partial charge is 0.353 e. The number of hydrogen-bond donors (Lipinski definition) is 0. The first-order valence-electron chi connectivity index (χ1n) is 10.2.